The zero-order valence-electron chi connectivity index (χ0n) is 17.5. The van der Waals surface area contributed by atoms with Gasteiger partial charge in [-0.2, -0.15) is 4.98 Å². The van der Waals surface area contributed by atoms with Gasteiger partial charge in [0.25, 0.3) is 0 Å². The zero-order chi connectivity index (χ0) is 22.4. The number of ether oxygens (including phenoxy) is 1. The summed E-state index contributed by atoms with van der Waals surface area (Å²) in [7, 11) is 0. The van der Waals surface area contributed by atoms with Gasteiger partial charge in [0.2, 0.25) is 11.8 Å². The summed E-state index contributed by atoms with van der Waals surface area (Å²) in [6, 6.07) is 5.06. The third-order valence-corrected chi connectivity index (χ3v) is 4.66. The van der Waals surface area contributed by atoms with Crippen LogP contribution in [-0.4, -0.2) is 64.9 Å². The molecule has 0 saturated carbocycles. The molecular weight excluding hydrogens is 415 g/mol. The number of halogens is 3. The molecule has 2 aromatic rings. The molecule has 1 aliphatic heterocycles. The minimum Gasteiger partial charge on any atom is -0.406 e. The topological polar surface area (TPSA) is 83.7 Å². The number of aromatic nitrogens is 2. The van der Waals surface area contributed by atoms with Crippen LogP contribution in [0.25, 0.3) is 0 Å². The van der Waals surface area contributed by atoms with E-state index in [0.717, 1.165) is 37.5 Å². The number of anilines is 1. The number of nitrogens with one attached hydrogen (secondary N) is 1. The van der Waals surface area contributed by atoms with Crippen LogP contribution in [0.3, 0.4) is 0 Å². The number of carbonyl (C=O) groups excluding carboxylic acids is 1. The first-order chi connectivity index (χ1) is 14.7. The summed E-state index contributed by atoms with van der Waals surface area (Å²) < 4.78 is 45.7. The number of benzene rings is 1. The number of piperazine rings is 1. The number of amides is 1. The minimum absolute atomic E-state index is 0.202. The van der Waals surface area contributed by atoms with Crippen LogP contribution in [0.5, 0.6) is 5.75 Å². The molecule has 8 nitrogen and oxygen atoms in total. The lowest BCUT2D eigenvalue weighted by Crippen LogP contribution is -2.48. The van der Waals surface area contributed by atoms with Crippen LogP contribution in [0.4, 0.5) is 18.9 Å². The van der Waals surface area contributed by atoms with Gasteiger partial charge in [-0.25, -0.2) is 0 Å². The van der Waals surface area contributed by atoms with Crippen molar-refractivity contribution in [3.05, 3.63) is 36.0 Å². The summed E-state index contributed by atoms with van der Waals surface area (Å²) in [5, 5.41) is 6.68. The zero-order valence-corrected chi connectivity index (χ0v) is 17.5. The number of carbonyl (C=O) groups is 1. The maximum absolute atomic E-state index is 12.2. The molecule has 0 radical (unpaired) electrons. The molecular formula is C20H26F3N5O3. The summed E-state index contributed by atoms with van der Waals surface area (Å²) in [5.41, 5.74) is 0.409. The van der Waals surface area contributed by atoms with E-state index in [4.69, 9.17) is 4.52 Å². The van der Waals surface area contributed by atoms with Crippen molar-refractivity contribution in [2.24, 2.45) is 5.92 Å². The number of hydrogen-bond donors (Lipinski definition) is 1. The van der Waals surface area contributed by atoms with E-state index in [0.29, 0.717) is 37.1 Å². The molecule has 31 heavy (non-hydrogen) atoms. The Morgan fingerprint density at radius 1 is 1.16 bits per heavy atom. The summed E-state index contributed by atoms with van der Waals surface area (Å²) >= 11 is 0. The van der Waals surface area contributed by atoms with Gasteiger partial charge >= 0.3 is 6.36 Å². The lowest BCUT2D eigenvalue weighted by atomic mass is 10.1. The molecule has 1 N–H and O–H groups in total. The largest absolute Gasteiger partial charge is 0.573 e. The molecule has 170 valence electrons. The van der Waals surface area contributed by atoms with Crippen molar-refractivity contribution in [2.75, 3.05) is 38.0 Å². The van der Waals surface area contributed by atoms with Crippen molar-refractivity contribution in [1.29, 1.82) is 0 Å². The number of alkyl halides is 3. The lowest BCUT2D eigenvalue weighted by Gasteiger charge is -2.33. The highest BCUT2D eigenvalue weighted by Crippen LogP contribution is 2.24. The number of nitrogens with zero attached hydrogens (tertiary/aromatic N) is 4. The van der Waals surface area contributed by atoms with E-state index in [9.17, 15) is 18.0 Å². The first kappa shape index (κ1) is 23.0. The van der Waals surface area contributed by atoms with Gasteiger partial charge in [0.05, 0.1) is 13.1 Å². The highest BCUT2D eigenvalue weighted by atomic mass is 19.4. The quantitative estimate of drug-likeness (QED) is 0.674. The van der Waals surface area contributed by atoms with E-state index in [2.05, 4.69) is 38.9 Å². The maximum atomic E-state index is 12.2. The van der Waals surface area contributed by atoms with Gasteiger partial charge in [-0.15, -0.1) is 13.2 Å². The third-order valence-electron chi connectivity index (χ3n) is 4.66. The van der Waals surface area contributed by atoms with Gasteiger partial charge in [-0.1, -0.05) is 19.0 Å². The Morgan fingerprint density at radius 3 is 2.42 bits per heavy atom. The molecule has 1 amide bonds. The predicted molar refractivity (Wildman–Crippen MR) is 106 cm³/mol. The summed E-state index contributed by atoms with van der Waals surface area (Å²) in [6.07, 6.45) is -3.96. The minimum atomic E-state index is -4.74. The van der Waals surface area contributed by atoms with Crippen LogP contribution in [0.15, 0.2) is 28.8 Å². The highest BCUT2D eigenvalue weighted by molar-refractivity contribution is 5.92. The molecule has 0 atom stereocenters. The van der Waals surface area contributed by atoms with Crippen molar-refractivity contribution in [2.45, 2.75) is 33.2 Å². The second kappa shape index (κ2) is 10.1. The van der Waals surface area contributed by atoms with E-state index in [1.54, 1.807) is 0 Å². The summed E-state index contributed by atoms with van der Waals surface area (Å²) in [4.78, 5) is 20.9. The summed E-state index contributed by atoms with van der Waals surface area (Å²) in [6.45, 7) is 7.92. The first-order valence-corrected chi connectivity index (χ1v) is 10.1. The van der Waals surface area contributed by atoms with Crippen molar-refractivity contribution >= 4 is 11.6 Å². The Morgan fingerprint density at radius 2 is 1.81 bits per heavy atom. The Kier molecular flexibility index (Phi) is 7.50. The molecule has 2 heterocycles. The molecule has 3 rings (SSSR count). The van der Waals surface area contributed by atoms with Crippen molar-refractivity contribution in [1.82, 2.24) is 19.9 Å². The molecule has 0 aliphatic carbocycles. The van der Waals surface area contributed by atoms with Crippen molar-refractivity contribution < 1.29 is 27.2 Å². The number of rotatable bonds is 8. The molecule has 1 aromatic carbocycles. The predicted octanol–water partition coefficient (Wildman–Crippen LogP) is 2.92. The average Bonchev–Trinajstić information content (AvgIpc) is 3.10. The molecule has 1 aromatic heterocycles. The Bertz CT molecular complexity index is 846. The average molecular weight is 441 g/mol. The van der Waals surface area contributed by atoms with E-state index in [1.165, 1.54) is 12.1 Å². The van der Waals surface area contributed by atoms with Gasteiger partial charge in [-0.3, -0.25) is 14.6 Å². The van der Waals surface area contributed by atoms with E-state index >= 15 is 0 Å². The monoisotopic (exact) mass is 441 g/mol. The van der Waals surface area contributed by atoms with Crippen LogP contribution in [0.2, 0.25) is 0 Å². The SMILES string of the molecule is CC(C)Cc1noc(CN2CCN(CC(=O)Nc3ccc(OC(F)(F)F)cc3)CC2)n1. The molecule has 11 heteroatoms. The molecule has 1 saturated heterocycles. The lowest BCUT2D eigenvalue weighted by molar-refractivity contribution is -0.274. The Labute approximate surface area is 178 Å². The second-order valence-corrected chi connectivity index (χ2v) is 7.87. The first-order valence-electron chi connectivity index (χ1n) is 10.1. The van der Waals surface area contributed by atoms with Gasteiger partial charge in [-0.05, 0) is 30.2 Å². The van der Waals surface area contributed by atoms with Gasteiger partial charge in [0.1, 0.15) is 5.75 Å². The van der Waals surface area contributed by atoms with Crippen LogP contribution in [-0.2, 0) is 17.8 Å². The van der Waals surface area contributed by atoms with Gasteiger partial charge < -0.3 is 14.6 Å². The van der Waals surface area contributed by atoms with E-state index in [1.807, 2.05) is 4.90 Å². The fourth-order valence-corrected chi connectivity index (χ4v) is 3.24. The standard InChI is InChI=1S/C20H26F3N5O3/c1-14(2)11-17-25-19(31-26-17)13-28-9-7-27(8-10-28)12-18(29)24-15-3-5-16(6-4-15)30-20(21,22)23/h3-6,14H,7-13H2,1-2H3,(H,24,29). The fourth-order valence-electron chi connectivity index (χ4n) is 3.24. The smallest absolute Gasteiger partial charge is 0.406 e. The van der Waals surface area contributed by atoms with Gasteiger partial charge in [0, 0.05) is 38.3 Å². The second-order valence-electron chi connectivity index (χ2n) is 7.87. The van der Waals surface area contributed by atoms with Crippen LogP contribution >= 0.6 is 0 Å². The summed E-state index contributed by atoms with van der Waals surface area (Å²) in [5.74, 6) is 1.22. The Balaban J connectivity index is 1.39. The Hall–Kier alpha value is -2.66. The fraction of sp³-hybridized carbons (Fsp3) is 0.550. The van der Waals surface area contributed by atoms with Crippen LogP contribution < -0.4 is 10.1 Å². The molecule has 1 fully saturated rings. The molecule has 0 unspecified atom stereocenters. The van der Waals surface area contributed by atoms with Gasteiger partial charge in [0.15, 0.2) is 5.82 Å². The van der Waals surface area contributed by atoms with Crippen LogP contribution in [0, 0.1) is 5.92 Å². The van der Waals surface area contributed by atoms with Crippen molar-refractivity contribution in [3.8, 4) is 5.75 Å². The highest BCUT2D eigenvalue weighted by Gasteiger charge is 2.31. The normalized spacial score (nSPS) is 15.9. The molecule has 0 spiro atoms. The molecule has 0 bridgehead atoms. The third kappa shape index (κ3) is 7.83. The number of hydrogen-bond acceptors (Lipinski definition) is 7. The van der Waals surface area contributed by atoms with E-state index < -0.39 is 6.36 Å². The van der Waals surface area contributed by atoms with E-state index in [-0.39, 0.29) is 18.2 Å². The van der Waals surface area contributed by atoms with Crippen molar-refractivity contribution in [3.63, 3.8) is 0 Å². The van der Waals surface area contributed by atoms with Crippen LogP contribution in [0.1, 0.15) is 25.6 Å². The maximum Gasteiger partial charge on any atom is 0.573 e. The molecule has 1 aliphatic rings.